The zero-order valence-electron chi connectivity index (χ0n) is 11.3. The van der Waals surface area contributed by atoms with E-state index in [0.717, 1.165) is 0 Å². The molecule has 0 aliphatic heterocycles. The van der Waals surface area contributed by atoms with Gasteiger partial charge in [-0.3, -0.25) is 0 Å². The van der Waals surface area contributed by atoms with Crippen molar-refractivity contribution in [1.82, 2.24) is 0 Å². The van der Waals surface area contributed by atoms with Crippen LogP contribution in [0.5, 0.6) is 0 Å². The Hall–Kier alpha value is -0.250. The van der Waals surface area contributed by atoms with Gasteiger partial charge in [0.15, 0.2) is 0 Å². The van der Waals surface area contributed by atoms with Gasteiger partial charge in [-0.25, -0.2) is 0 Å². The second-order valence-electron chi connectivity index (χ2n) is 5.03. The summed E-state index contributed by atoms with van der Waals surface area (Å²) < 4.78 is 39.7. The molecule has 0 rings (SSSR count). The predicted octanol–water partition coefficient (Wildman–Crippen LogP) is 4.54. The lowest BCUT2D eigenvalue weighted by Crippen LogP contribution is -2.43. The quantitative estimate of drug-likeness (QED) is 0.707. The fraction of sp³-hybridized carbons (Fsp3) is 1.00. The maximum atomic E-state index is 13.2. The van der Waals surface area contributed by atoms with Crippen molar-refractivity contribution in [3.8, 4) is 0 Å². The number of aliphatic hydroxyl groups excluding tert-OH is 1. The van der Waals surface area contributed by atoms with Crippen LogP contribution in [0.2, 0.25) is 0 Å². The van der Waals surface area contributed by atoms with E-state index in [-0.39, 0.29) is 25.9 Å². The molecule has 0 saturated carbocycles. The molecule has 0 spiro atoms. The molecule has 0 heterocycles. The minimum absolute atomic E-state index is 0.0278. The highest BCUT2D eigenvalue weighted by atomic mass is 19.4. The monoisotopic (exact) mass is 254 g/mol. The predicted molar refractivity (Wildman–Crippen MR) is 63.8 cm³/mol. The lowest BCUT2D eigenvalue weighted by molar-refractivity contribution is -0.240. The summed E-state index contributed by atoms with van der Waals surface area (Å²) in [5.74, 6) is 0. The first-order chi connectivity index (χ1) is 7.76. The maximum absolute atomic E-state index is 13.2. The molecule has 0 fully saturated rings. The highest BCUT2D eigenvalue weighted by Crippen LogP contribution is 2.52. The highest BCUT2D eigenvalue weighted by Gasteiger charge is 2.54. The molecule has 0 aliphatic rings. The van der Waals surface area contributed by atoms with Gasteiger partial charge in [-0.05, 0) is 37.5 Å². The Morgan fingerprint density at radius 2 is 1.24 bits per heavy atom. The van der Waals surface area contributed by atoms with Gasteiger partial charge in [-0.15, -0.1) is 0 Å². The molecule has 104 valence electrons. The molecule has 4 heteroatoms. The van der Waals surface area contributed by atoms with Crippen LogP contribution in [0.3, 0.4) is 0 Å². The summed E-state index contributed by atoms with van der Waals surface area (Å²) in [7, 11) is 0. The van der Waals surface area contributed by atoms with E-state index >= 15 is 0 Å². The Labute approximate surface area is 102 Å². The topological polar surface area (TPSA) is 20.2 Å². The van der Waals surface area contributed by atoms with E-state index < -0.39 is 17.0 Å². The Morgan fingerprint density at radius 3 is 1.41 bits per heavy atom. The SMILES string of the molecule is CCC(CC)(CO)CC(CC)(CC)C(F)(F)F. The van der Waals surface area contributed by atoms with Gasteiger partial charge < -0.3 is 5.11 Å². The van der Waals surface area contributed by atoms with Gasteiger partial charge in [0.2, 0.25) is 0 Å². The Kier molecular flexibility index (Phi) is 5.99. The van der Waals surface area contributed by atoms with Crippen LogP contribution in [0, 0.1) is 10.8 Å². The van der Waals surface area contributed by atoms with Crippen molar-refractivity contribution in [3.05, 3.63) is 0 Å². The van der Waals surface area contributed by atoms with Crippen molar-refractivity contribution in [2.24, 2.45) is 10.8 Å². The average molecular weight is 254 g/mol. The van der Waals surface area contributed by atoms with E-state index in [9.17, 15) is 18.3 Å². The van der Waals surface area contributed by atoms with E-state index in [2.05, 4.69) is 0 Å². The van der Waals surface area contributed by atoms with Crippen molar-refractivity contribution in [1.29, 1.82) is 0 Å². The molecule has 0 aromatic heterocycles. The second-order valence-corrected chi connectivity index (χ2v) is 5.03. The molecule has 0 aliphatic carbocycles. The Balaban J connectivity index is 5.24. The highest BCUT2D eigenvalue weighted by molar-refractivity contribution is 4.91. The molecule has 0 unspecified atom stereocenters. The van der Waals surface area contributed by atoms with Crippen LogP contribution in [0.25, 0.3) is 0 Å². The first kappa shape index (κ1) is 16.8. The van der Waals surface area contributed by atoms with E-state index in [1.807, 2.05) is 13.8 Å². The van der Waals surface area contributed by atoms with E-state index in [4.69, 9.17) is 0 Å². The third kappa shape index (κ3) is 3.36. The minimum Gasteiger partial charge on any atom is -0.396 e. The molecule has 0 aromatic carbocycles. The third-order valence-electron chi connectivity index (χ3n) is 4.50. The average Bonchev–Trinajstić information content (AvgIpc) is 2.31. The Morgan fingerprint density at radius 1 is 0.824 bits per heavy atom. The van der Waals surface area contributed by atoms with Gasteiger partial charge in [0.1, 0.15) is 0 Å². The first-order valence-corrected chi connectivity index (χ1v) is 6.44. The molecule has 0 radical (unpaired) electrons. The first-order valence-electron chi connectivity index (χ1n) is 6.44. The van der Waals surface area contributed by atoms with Crippen LogP contribution in [0.15, 0.2) is 0 Å². The maximum Gasteiger partial charge on any atom is 0.394 e. The second kappa shape index (κ2) is 6.07. The number of rotatable bonds is 7. The smallest absolute Gasteiger partial charge is 0.394 e. The van der Waals surface area contributed by atoms with Gasteiger partial charge in [0, 0.05) is 6.61 Å². The number of halogens is 3. The number of hydrogen-bond donors (Lipinski definition) is 1. The largest absolute Gasteiger partial charge is 0.396 e. The summed E-state index contributed by atoms with van der Waals surface area (Å²) in [5.41, 5.74) is -2.25. The summed E-state index contributed by atoms with van der Waals surface area (Å²) in [6.07, 6.45) is -2.85. The zero-order valence-corrected chi connectivity index (χ0v) is 11.3. The number of aliphatic hydroxyl groups is 1. The standard InChI is InChI=1S/C13H25F3O/c1-5-11(6-2,10-17)9-12(7-3,8-4)13(14,15)16/h17H,5-10H2,1-4H3. The molecule has 1 N–H and O–H groups in total. The van der Waals surface area contributed by atoms with Gasteiger partial charge in [-0.1, -0.05) is 27.7 Å². The molecule has 0 saturated heterocycles. The van der Waals surface area contributed by atoms with Crippen LogP contribution in [0.4, 0.5) is 13.2 Å². The minimum atomic E-state index is -4.19. The summed E-state index contributed by atoms with van der Waals surface area (Å²) in [5, 5.41) is 9.43. The summed E-state index contributed by atoms with van der Waals surface area (Å²) in [4.78, 5) is 0. The van der Waals surface area contributed by atoms with Crippen molar-refractivity contribution in [2.75, 3.05) is 6.61 Å². The van der Waals surface area contributed by atoms with E-state index in [1.54, 1.807) is 13.8 Å². The van der Waals surface area contributed by atoms with Gasteiger partial charge in [-0.2, -0.15) is 13.2 Å². The van der Waals surface area contributed by atoms with Crippen LogP contribution in [0.1, 0.15) is 59.8 Å². The number of alkyl halides is 3. The van der Waals surface area contributed by atoms with Gasteiger partial charge in [0.05, 0.1) is 5.41 Å². The summed E-state index contributed by atoms with van der Waals surface area (Å²) >= 11 is 0. The van der Waals surface area contributed by atoms with Crippen molar-refractivity contribution < 1.29 is 18.3 Å². The van der Waals surface area contributed by atoms with Crippen LogP contribution < -0.4 is 0 Å². The van der Waals surface area contributed by atoms with Crippen LogP contribution >= 0.6 is 0 Å². The van der Waals surface area contributed by atoms with Crippen molar-refractivity contribution >= 4 is 0 Å². The normalized spacial score (nSPS) is 14.1. The van der Waals surface area contributed by atoms with Crippen molar-refractivity contribution in [2.45, 2.75) is 66.0 Å². The Bertz CT molecular complexity index is 207. The molecule has 1 nitrogen and oxygen atoms in total. The molecule has 0 amide bonds. The van der Waals surface area contributed by atoms with Gasteiger partial charge in [0.25, 0.3) is 0 Å². The lowest BCUT2D eigenvalue weighted by Gasteiger charge is -2.42. The van der Waals surface area contributed by atoms with Gasteiger partial charge >= 0.3 is 6.18 Å². The lowest BCUT2D eigenvalue weighted by atomic mass is 9.66. The summed E-state index contributed by atoms with van der Waals surface area (Å²) in [6.45, 7) is 6.71. The fourth-order valence-corrected chi connectivity index (χ4v) is 2.50. The molecular weight excluding hydrogens is 229 g/mol. The van der Waals surface area contributed by atoms with Crippen molar-refractivity contribution in [3.63, 3.8) is 0 Å². The van der Waals surface area contributed by atoms with E-state index in [1.165, 1.54) is 0 Å². The third-order valence-corrected chi connectivity index (χ3v) is 4.50. The molecular formula is C13H25F3O. The molecule has 17 heavy (non-hydrogen) atoms. The zero-order chi connectivity index (χ0) is 13.7. The number of hydrogen-bond acceptors (Lipinski definition) is 1. The van der Waals surface area contributed by atoms with Crippen LogP contribution in [-0.2, 0) is 0 Å². The molecule has 0 aromatic rings. The fourth-order valence-electron chi connectivity index (χ4n) is 2.50. The summed E-state index contributed by atoms with van der Waals surface area (Å²) in [6, 6.07) is 0. The molecule has 0 atom stereocenters. The molecule has 0 bridgehead atoms. The van der Waals surface area contributed by atoms with Crippen LogP contribution in [-0.4, -0.2) is 17.9 Å². The van der Waals surface area contributed by atoms with E-state index in [0.29, 0.717) is 12.8 Å².